The van der Waals surface area contributed by atoms with Crippen LogP contribution in [0.15, 0.2) is 41.4 Å². The van der Waals surface area contributed by atoms with Crippen molar-refractivity contribution in [2.75, 3.05) is 6.61 Å². The molecule has 1 aromatic heterocycles. The average Bonchev–Trinajstić information content (AvgIpc) is 3.21. The van der Waals surface area contributed by atoms with Gasteiger partial charge in [-0.05, 0) is 98.9 Å². The van der Waals surface area contributed by atoms with Crippen LogP contribution in [-0.4, -0.2) is 53.2 Å². The largest absolute Gasteiger partial charge is 0.493 e. The number of benzene rings is 1. The van der Waals surface area contributed by atoms with Crippen molar-refractivity contribution < 1.29 is 17.9 Å². The van der Waals surface area contributed by atoms with Gasteiger partial charge in [-0.3, -0.25) is 9.78 Å². The van der Waals surface area contributed by atoms with E-state index in [0.717, 1.165) is 67.4 Å². The molecule has 3 heterocycles. The van der Waals surface area contributed by atoms with Gasteiger partial charge in [0.2, 0.25) is 15.9 Å². The minimum atomic E-state index is -3.82. The van der Waals surface area contributed by atoms with Crippen LogP contribution in [-0.2, 0) is 27.8 Å². The molecule has 196 valence electrons. The Balaban J connectivity index is 1.22. The molecule has 7 rings (SSSR count). The van der Waals surface area contributed by atoms with Gasteiger partial charge in [0.15, 0.2) is 0 Å². The molecule has 4 fully saturated rings. The maximum atomic E-state index is 14.5. The summed E-state index contributed by atoms with van der Waals surface area (Å²) in [6.45, 7) is 3.06. The fourth-order valence-corrected chi connectivity index (χ4v) is 9.32. The van der Waals surface area contributed by atoms with Crippen LogP contribution >= 0.6 is 0 Å². The van der Waals surface area contributed by atoms with Crippen LogP contribution in [0.5, 0.6) is 5.75 Å². The predicted molar refractivity (Wildman–Crippen MR) is 138 cm³/mol. The summed E-state index contributed by atoms with van der Waals surface area (Å²) in [6.07, 6.45) is 9.35. The minimum absolute atomic E-state index is 0.0126. The Morgan fingerprint density at radius 2 is 1.92 bits per heavy atom. The van der Waals surface area contributed by atoms with Crippen LogP contribution in [0.3, 0.4) is 0 Å². The summed E-state index contributed by atoms with van der Waals surface area (Å²) >= 11 is 0. The van der Waals surface area contributed by atoms with E-state index in [-0.39, 0.29) is 28.8 Å². The van der Waals surface area contributed by atoms with Gasteiger partial charge >= 0.3 is 0 Å². The van der Waals surface area contributed by atoms with Crippen LogP contribution in [0, 0.1) is 24.7 Å². The number of aromatic nitrogens is 1. The molecule has 37 heavy (non-hydrogen) atoms. The van der Waals surface area contributed by atoms with Crippen molar-refractivity contribution in [2.24, 2.45) is 17.8 Å². The molecule has 1 aromatic carbocycles. The van der Waals surface area contributed by atoms with Gasteiger partial charge in [0, 0.05) is 36.9 Å². The number of carbonyl (C=O) groups is 1. The Bertz CT molecular complexity index is 1330. The summed E-state index contributed by atoms with van der Waals surface area (Å²) in [5.41, 5.74) is 3.05. The quantitative estimate of drug-likeness (QED) is 0.572. The van der Waals surface area contributed by atoms with Crippen molar-refractivity contribution >= 4 is 15.9 Å². The molecule has 0 N–H and O–H groups in total. The normalized spacial score (nSPS) is 32.0. The van der Waals surface area contributed by atoms with Gasteiger partial charge in [0.05, 0.1) is 6.61 Å². The van der Waals surface area contributed by atoms with E-state index in [4.69, 9.17) is 4.74 Å². The second kappa shape index (κ2) is 8.80. The third-order valence-electron chi connectivity index (χ3n) is 9.59. The van der Waals surface area contributed by atoms with Crippen LogP contribution in [0.1, 0.15) is 61.8 Å². The van der Waals surface area contributed by atoms with E-state index in [1.807, 2.05) is 11.8 Å². The van der Waals surface area contributed by atoms with Crippen molar-refractivity contribution in [1.29, 1.82) is 0 Å². The number of ether oxygens (including phenoxy) is 1. The molecular weight excluding hydrogens is 486 g/mol. The molecule has 2 bridgehead atoms. The van der Waals surface area contributed by atoms with E-state index in [1.54, 1.807) is 16.4 Å². The zero-order chi connectivity index (χ0) is 25.3. The summed E-state index contributed by atoms with van der Waals surface area (Å²) in [7, 11) is -3.82. The molecule has 1 saturated heterocycles. The van der Waals surface area contributed by atoms with Crippen molar-refractivity contribution in [3.8, 4) is 5.75 Å². The highest BCUT2D eigenvalue weighted by Gasteiger charge is 2.56. The topological polar surface area (TPSA) is 79.8 Å². The Hall–Kier alpha value is -2.45. The van der Waals surface area contributed by atoms with Gasteiger partial charge in [-0.2, -0.15) is 4.31 Å². The molecule has 3 unspecified atom stereocenters. The molecule has 6 atom stereocenters. The standard InChI is InChI=1S/C29H35N3O4S/c1-18-2-9-26(16-30-18)37(34,35)32-25-8-6-22(14-25)28(32)29(33)31(24-7-5-21-13-23(21)15-24)17-19-3-4-20-10-11-36-27(20)12-19/h2-4,9,12,16,21-25,28H,5-8,10-11,13-15,17H2,1H3/t21?,22-,23?,24?,25+,28-/m0/s1. The van der Waals surface area contributed by atoms with E-state index in [9.17, 15) is 13.2 Å². The van der Waals surface area contributed by atoms with Gasteiger partial charge in [-0.1, -0.05) is 12.1 Å². The molecule has 2 aliphatic heterocycles. The van der Waals surface area contributed by atoms with Crippen LogP contribution in [0.25, 0.3) is 0 Å². The lowest BCUT2D eigenvalue weighted by Crippen LogP contribution is -2.55. The lowest BCUT2D eigenvalue weighted by molar-refractivity contribution is -0.140. The maximum Gasteiger partial charge on any atom is 0.245 e. The first kappa shape index (κ1) is 23.7. The van der Waals surface area contributed by atoms with E-state index in [1.165, 1.54) is 24.6 Å². The molecule has 1 amide bonds. The van der Waals surface area contributed by atoms with Gasteiger partial charge in [-0.15, -0.1) is 0 Å². The first-order valence-electron chi connectivity index (χ1n) is 13.9. The molecule has 0 spiro atoms. The first-order chi connectivity index (χ1) is 17.9. The number of sulfonamides is 1. The highest BCUT2D eigenvalue weighted by molar-refractivity contribution is 7.89. The molecule has 3 aliphatic carbocycles. The predicted octanol–water partition coefficient (Wildman–Crippen LogP) is 4.08. The van der Waals surface area contributed by atoms with Crippen LogP contribution in [0.4, 0.5) is 0 Å². The van der Waals surface area contributed by atoms with Gasteiger partial charge in [0.1, 0.15) is 16.7 Å². The molecule has 2 aromatic rings. The number of rotatable bonds is 6. The third-order valence-corrected chi connectivity index (χ3v) is 11.5. The number of piperidine rings is 1. The number of aryl methyl sites for hydroxylation is 1. The lowest BCUT2D eigenvalue weighted by Gasteiger charge is -2.40. The number of nitrogens with zero attached hydrogens (tertiary/aromatic N) is 3. The summed E-state index contributed by atoms with van der Waals surface area (Å²) in [6, 6.07) is 9.10. The number of fused-ring (bicyclic) bond motifs is 4. The van der Waals surface area contributed by atoms with Crippen molar-refractivity contribution in [2.45, 2.75) is 87.9 Å². The monoisotopic (exact) mass is 521 g/mol. The first-order valence-corrected chi connectivity index (χ1v) is 15.3. The molecular formula is C29H35N3O4S. The minimum Gasteiger partial charge on any atom is -0.493 e. The van der Waals surface area contributed by atoms with Crippen molar-refractivity contribution in [1.82, 2.24) is 14.2 Å². The zero-order valence-corrected chi connectivity index (χ0v) is 22.2. The smallest absolute Gasteiger partial charge is 0.245 e. The van der Waals surface area contributed by atoms with Crippen molar-refractivity contribution in [3.63, 3.8) is 0 Å². The van der Waals surface area contributed by atoms with E-state index >= 15 is 0 Å². The molecule has 5 aliphatic rings. The Morgan fingerprint density at radius 3 is 2.73 bits per heavy atom. The lowest BCUT2D eigenvalue weighted by atomic mass is 9.91. The Morgan fingerprint density at radius 1 is 1.05 bits per heavy atom. The van der Waals surface area contributed by atoms with E-state index in [0.29, 0.717) is 13.2 Å². The molecule has 7 nitrogen and oxygen atoms in total. The highest BCUT2D eigenvalue weighted by Crippen LogP contribution is 2.51. The van der Waals surface area contributed by atoms with Crippen molar-refractivity contribution in [3.05, 3.63) is 53.3 Å². The summed E-state index contributed by atoms with van der Waals surface area (Å²) in [5.74, 6) is 2.54. The highest BCUT2D eigenvalue weighted by atomic mass is 32.2. The van der Waals surface area contributed by atoms with Crippen LogP contribution < -0.4 is 4.74 Å². The Kier molecular flexibility index (Phi) is 5.63. The number of pyridine rings is 1. The third kappa shape index (κ3) is 4.07. The average molecular weight is 522 g/mol. The fourth-order valence-electron chi connectivity index (χ4n) is 7.50. The summed E-state index contributed by atoms with van der Waals surface area (Å²) in [4.78, 5) is 21.0. The summed E-state index contributed by atoms with van der Waals surface area (Å²) in [5, 5.41) is 0. The number of hydrogen-bond donors (Lipinski definition) is 0. The number of carbonyl (C=O) groups excluding carboxylic acids is 1. The maximum absolute atomic E-state index is 14.5. The number of hydrogen-bond acceptors (Lipinski definition) is 5. The SMILES string of the molecule is Cc1ccc(S(=O)(=O)N2[C@@H]3CC[C@@H](C3)[C@H]2C(=O)N(Cc2ccc3c(c2)OCC3)C2CCC3CC3C2)cn1. The van der Waals surface area contributed by atoms with E-state index in [2.05, 4.69) is 23.2 Å². The number of amides is 1. The molecule has 3 saturated carbocycles. The summed E-state index contributed by atoms with van der Waals surface area (Å²) < 4.78 is 35.2. The second-order valence-electron chi connectivity index (χ2n) is 11.9. The van der Waals surface area contributed by atoms with Gasteiger partial charge in [0.25, 0.3) is 0 Å². The molecule has 8 heteroatoms. The second-order valence-corrected chi connectivity index (χ2v) is 13.7. The molecule has 0 radical (unpaired) electrons. The van der Waals surface area contributed by atoms with E-state index < -0.39 is 16.1 Å². The Labute approximate surface area is 219 Å². The van der Waals surface area contributed by atoms with Gasteiger partial charge in [-0.25, -0.2) is 8.42 Å². The van der Waals surface area contributed by atoms with Gasteiger partial charge < -0.3 is 9.64 Å². The van der Waals surface area contributed by atoms with Crippen LogP contribution in [0.2, 0.25) is 0 Å². The fraction of sp³-hybridized carbons (Fsp3) is 0.586. The zero-order valence-electron chi connectivity index (χ0n) is 21.4.